The maximum atomic E-state index is 12.1. The fourth-order valence-electron chi connectivity index (χ4n) is 9.15. The molecule has 0 aliphatic heterocycles. The quantitative estimate of drug-likeness (QED) is 0.0212. The Labute approximate surface area is 495 Å². The third-order valence-corrected chi connectivity index (χ3v) is 14.3. The molecule has 20 heteroatoms. The zero-order chi connectivity index (χ0) is 63.0. The van der Waals surface area contributed by atoms with Gasteiger partial charge in [-0.25, -0.2) is 19.2 Å². The molecule has 4 aromatic heterocycles. The first-order chi connectivity index (χ1) is 41.3. The molecule has 4 N–H and O–H groups in total. The van der Waals surface area contributed by atoms with Crippen LogP contribution in [0.5, 0.6) is 23.0 Å². The summed E-state index contributed by atoms with van der Waals surface area (Å²) < 4.78 is 40.8. The smallest absolute Gasteiger partial charge is 0.343 e. The molecule has 0 saturated heterocycles. The van der Waals surface area contributed by atoms with Crippen LogP contribution < -0.4 is 22.5 Å². The van der Waals surface area contributed by atoms with E-state index in [0.29, 0.717) is 82.8 Å². The molecule has 4 aromatic carbocycles. The third-order valence-electron chi connectivity index (χ3n) is 14.3. The van der Waals surface area contributed by atoms with Gasteiger partial charge in [-0.1, -0.05) is 96.5 Å². The molecular weight excluding hydrogens is 1110 g/mol. The van der Waals surface area contributed by atoms with Crippen molar-refractivity contribution in [3.05, 3.63) is 161 Å². The molecule has 460 valence electrons. The van der Waals surface area contributed by atoms with Gasteiger partial charge in [-0.2, -0.15) is 0 Å². The van der Waals surface area contributed by atoms with Gasteiger partial charge in [0, 0.05) is 0 Å². The molecule has 0 spiro atoms. The second-order valence-corrected chi connectivity index (χ2v) is 20.1. The molecule has 8 aromatic rings. The molecule has 0 fully saturated rings. The van der Waals surface area contributed by atoms with Crippen LogP contribution in [0.4, 0.5) is 0 Å². The molecule has 86 heavy (non-hydrogen) atoms. The largest absolute Gasteiger partial charge is 0.507 e. The van der Waals surface area contributed by atoms with Gasteiger partial charge in [0.2, 0.25) is 0 Å². The lowest BCUT2D eigenvalue weighted by Crippen LogP contribution is -2.23. The summed E-state index contributed by atoms with van der Waals surface area (Å²) in [6.07, 6.45) is 5.00. The Morgan fingerprint density at radius 3 is 0.907 bits per heavy atom. The Morgan fingerprint density at radius 2 is 0.651 bits per heavy atom. The number of hydrogen-bond donors (Lipinski definition) is 4. The van der Waals surface area contributed by atoms with E-state index in [4.69, 9.17) is 31.9 Å². The lowest BCUT2D eigenvalue weighted by atomic mass is 9.96. The number of rotatable bonds is 22. The number of esters is 4. The van der Waals surface area contributed by atoms with E-state index in [0.717, 1.165) is 19.3 Å². The van der Waals surface area contributed by atoms with E-state index in [9.17, 15) is 58.8 Å². The van der Waals surface area contributed by atoms with Crippen molar-refractivity contribution in [2.75, 3.05) is 26.9 Å². The number of carbonyl (C=O) groups excluding carboxylic acids is 4. The number of ether oxygens (including phenoxy) is 4. The molecule has 0 aliphatic carbocycles. The van der Waals surface area contributed by atoms with Crippen LogP contribution in [0, 0.1) is 23.7 Å². The summed E-state index contributed by atoms with van der Waals surface area (Å²) in [5.41, 5.74) is -0.668. The molecule has 4 atom stereocenters. The molecule has 0 bridgehead atoms. The number of carbonyl (C=O) groups is 4. The van der Waals surface area contributed by atoms with Crippen LogP contribution in [-0.4, -0.2) is 71.2 Å². The Morgan fingerprint density at radius 1 is 0.384 bits per heavy atom. The first-order valence-electron chi connectivity index (χ1n) is 28.8. The van der Waals surface area contributed by atoms with Gasteiger partial charge >= 0.3 is 46.4 Å². The standard InChI is InChI=1S/C18H22O5.C17H20O5.C16H18O5.C15H16O5/c1-3-5-10-22-17(20)12(4-2)11-14-16(19)13-8-6-7-9-15(13)23-18(14)21;1-3-9-21-16(19)11(4-2)10-13-15(18)12-7-5-6-8-14(12)22-17(13)20;1-3-10(15(18)20-4-2)9-12-14(17)11-7-5-6-8-13(11)21-16(12)19;1-3-9(14(17)19-2)8-11-13(16)10-6-4-5-7-12(10)20-15(11)18/h6-9,12,19H,3-5,10-11H2,1-2H3;5-8,11,18H,3-4,9-10H2,1-2H3;5-8,10,17H,3-4,9H2,1-2H3;4-7,9,16H,3,8H2,1-2H3. The summed E-state index contributed by atoms with van der Waals surface area (Å²) in [4.78, 5) is 95.6. The van der Waals surface area contributed by atoms with Gasteiger partial charge in [-0.15, -0.1) is 0 Å². The van der Waals surface area contributed by atoms with E-state index in [1.807, 2.05) is 41.5 Å². The Kier molecular flexibility index (Phi) is 26.2. The van der Waals surface area contributed by atoms with Gasteiger partial charge in [0.15, 0.2) is 0 Å². The highest BCUT2D eigenvalue weighted by atomic mass is 16.5. The zero-order valence-corrected chi connectivity index (χ0v) is 49.8. The van der Waals surface area contributed by atoms with E-state index < -0.39 is 52.1 Å². The van der Waals surface area contributed by atoms with Crippen molar-refractivity contribution in [3.63, 3.8) is 0 Å². The highest BCUT2D eigenvalue weighted by Gasteiger charge is 2.28. The number of fused-ring (bicyclic) bond motifs is 4. The number of unbranched alkanes of at least 4 members (excludes halogenated alkanes) is 1. The van der Waals surface area contributed by atoms with E-state index >= 15 is 0 Å². The van der Waals surface area contributed by atoms with Crippen molar-refractivity contribution in [3.8, 4) is 23.0 Å². The topological polar surface area (TPSA) is 307 Å². The second kappa shape index (κ2) is 33.3. The first kappa shape index (κ1) is 67.6. The SMILES string of the molecule is CCC(Cc1c(O)c2ccccc2oc1=O)C(=O)OC.CCCCOC(=O)C(CC)Cc1c(O)c2ccccc2oc1=O.CCCOC(=O)C(CC)Cc1c(O)c2ccccc2oc1=O.CCOC(=O)C(CC)Cc1c(O)c2ccccc2oc1=O. The molecule has 4 unspecified atom stereocenters. The van der Waals surface area contributed by atoms with E-state index in [2.05, 4.69) is 4.74 Å². The number of aromatic hydroxyl groups is 4. The minimum atomic E-state index is -0.622. The molecule has 0 aliphatic rings. The average Bonchev–Trinajstić information content (AvgIpc) is 1.24. The fraction of sp³-hybridized carbons (Fsp3) is 0.394. The van der Waals surface area contributed by atoms with Crippen LogP contribution in [0.25, 0.3) is 43.9 Å². The van der Waals surface area contributed by atoms with E-state index in [-0.39, 0.29) is 95.4 Å². The van der Waals surface area contributed by atoms with Gasteiger partial charge in [0.05, 0.1) is 94.4 Å². The van der Waals surface area contributed by atoms with Crippen LogP contribution >= 0.6 is 0 Å². The van der Waals surface area contributed by atoms with Gasteiger partial charge < -0.3 is 57.0 Å². The van der Waals surface area contributed by atoms with Crippen LogP contribution in [-0.2, 0) is 63.8 Å². The lowest BCUT2D eigenvalue weighted by Gasteiger charge is -2.14. The monoisotopic (exact) mass is 1190 g/mol. The van der Waals surface area contributed by atoms with Crippen LogP contribution in [0.2, 0.25) is 0 Å². The second-order valence-electron chi connectivity index (χ2n) is 20.1. The summed E-state index contributed by atoms with van der Waals surface area (Å²) in [7, 11) is 1.30. The maximum absolute atomic E-state index is 12.1. The predicted molar refractivity (Wildman–Crippen MR) is 322 cm³/mol. The maximum Gasteiger partial charge on any atom is 0.343 e. The van der Waals surface area contributed by atoms with Crippen molar-refractivity contribution < 1.29 is 76.2 Å². The first-order valence-corrected chi connectivity index (χ1v) is 28.8. The van der Waals surface area contributed by atoms with Gasteiger partial charge in [-0.05, 0) is 120 Å². The highest BCUT2D eigenvalue weighted by molar-refractivity contribution is 5.87. The Hall–Kier alpha value is -9.20. The minimum absolute atomic E-state index is 0.0994. The number of benzene rings is 4. The van der Waals surface area contributed by atoms with E-state index in [1.165, 1.54) is 7.11 Å². The van der Waals surface area contributed by atoms with Crippen LogP contribution in [0.15, 0.2) is 134 Å². The number of para-hydroxylation sites is 4. The van der Waals surface area contributed by atoms with Crippen LogP contribution in [0.1, 0.15) is 116 Å². The molecule has 4 heterocycles. The molecule has 0 radical (unpaired) electrons. The van der Waals surface area contributed by atoms with Gasteiger partial charge in [0.25, 0.3) is 0 Å². The summed E-state index contributed by atoms with van der Waals surface area (Å²) >= 11 is 0. The summed E-state index contributed by atoms with van der Waals surface area (Å²) in [6, 6.07) is 27.0. The summed E-state index contributed by atoms with van der Waals surface area (Å²) in [5, 5.41) is 43.0. The molecule has 20 nitrogen and oxygen atoms in total. The minimum Gasteiger partial charge on any atom is -0.507 e. The van der Waals surface area contributed by atoms with Crippen molar-refractivity contribution in [2.45, 2.75) is 119 Å². The number of hydrogen-bond acceptors (Lipinski definition) is 20. The van der Waals surface area contributed by atoms with Crippen LogP contribution in [0.3, 0.4) is 0 Å². The molecule has 8 rings (SSSR count). The van der Waals surface area contributed by atoms with Gasteiger partial charge in [-0.3, -0.25) is 19.2 Å². The zero-order valence-electron chi connectivity index (χ0n) is 49.8. The van der Waals surface area contributed by atoms with Crippen molar-refractivity contribution >= 4 is 67.8 Å². The highest BCUT2D eigenvalue weighted by Crippen LogP contribution is 2.32. The van der Waals surface area contributed by atoms with Gasteiger partial charge in [0.1, 0.15) is 45.3 Å². The Bertz CT molecular complexity index is 3830. The normalized spacial score (nSPS) is 12.3. The van der Waals surface area contributed by atoms with Crippen molar-refractivity contribution in [1.82, 2.24) is 0 Å². The fourth-order valence-corrected chi connectivity index (χ4v) is 9.15. The van der Waals surface area contributed by atoms with Crippen molar-refractivity contribution in [2.24, 2.45) is 23.7 Å². The lowest BCUT2D eigenvalue weighted by molar-refractivity contribution is -0.149. The summed E-state index contributed by atoms with van der Waals surface area (Å²) in [5.74, 6) is -3.83. The molecule has 0 amide bonds. The molecular formula is C66H76O20. The van der Waals surface area contributed by atoms with E-state index in [1.54, 1.807) is 104 Å². The third kappa shape index (κ3) is 17.4. The predicted octanol–water partition coefficient (Wildman–Crippen LogP) is 11.3. The van der Waals surface area contributed by atoms with Crippen molar-refractivity contribution in [1.29, 1.82) is 0 Å². The number of methoxy groups -OCH3 is 1. The summed E-state index contributed by atoms with van der Waals surface area (Å²) in [6.45, 7) is 14.0. The Balaban J connectivity index is 0.000000210. The molecule has 0 saturated carbocycles. The average molecular weight is 1190 g/mol.